The standard InChI is InChI=1S/C13H15BrFN3S/c1-17-4-2-3-8(7-17)18-12-5-9(14)10(15)6-11(12)16-13(18)19/h5-6,8H,2-4,7H2,1H3,(H,16,19). The van der Waals surface area contributed by atoms with Crippen molar-refractivity contribution >= 4 is 39.2 Å². The van der Waals surface area contributed by atoms with Gasteiger partial charge in [0.05, 0.1) is 15.5 Å². The molecule has 1 atom stereocenters. The Bertz CT molecular complexity index is 678. The predicted octanol–water partition coefficient (Wildman–Crippen LogP) is 3.87. The second-order valence-electron chi connectivity index (χ2n) is 5.14. The van der Waals surface area contributed by atoms with Crippen molar-refractivity contribution < 1.29 is 4.39 Å². The Kier molecular flexibility index (Phi) is 3.49. The van der Waals surface area contributed by atoms with Crippen molar-refractivity contribution in [1.29, 1.82) is 0 Å². The summed E-state index contributed by atoms with van der Waals surface area (Å²) in [5.74, 6) is -0.267. The first-order valence-corrected chi connectivity index (χ1v) is 7.54. The van der Waals surface area contributed by atoms with Gasteiger partial charge >= 0.3 is 0 Å². The highest BCUT2D eigenvalue weighted by Gasteiger charge is 2.21. The Morgan fingerprint density at radius 2 is 2.26 bits per heavy atom. The number of rotatable bonds is 1. The molecule has 1 aromatic heterocycles. The Morgan fingerprint density at radius 3 is 3.00 bits per heavy atom. The number of hydrogen-bond acceptors (Lipinski definition) is 2. The van der Waals surface area contributed by atoms with Crippen LogP contribution >= 0.6 is 28.1 Å². The fourth-order valence-electron chi connectivity index (χ4n) is 2.83. The van der Waals surface area contributed by atoms with E-state index in [9.17, 15) is 4.39 Å². The van der Waals surface area contributed by atoms with E-state index in [0.29, 0.717) is 15.3 Å². The average Bonchev–Trinajstić information content (AvgIpc) is 2.65. The van der Waals surface area contributed by atoms with Crippen molar-refractivity contribution in [3.05, 3.63) is 27.2 Å². The number of H-pyrrole nitrogens is 1. The highest BCUT2D eigenvalue weighted by molar-refractivity contribution is 9.10. The number of nitrogens with zero attached hydrogens (tertiary/aromatic N) is 2. The number of benzene rings is 1. The summed E-state index contributed by atoms with van der Waals surface area (Å²) in [4.78, 5) is 5.42. The van der Waals surface area contributed by atoms with Crippen molar-refractivity contribution in [2.45, 2.75) is 18.9 Å². The number of fused-ring (bicyclic) bond motifs is 1. The minimum absolute atomic E-state index is 0.267. The summed E-state index contributed by atoms with van der Waals surface area (Å²) < 4.78 is 16.9. The zero-order valence-electron chi connectivity index (χ0n) is 10.6. The third-order valence-corrected chi connectivity index (χ3v) is 4.63. The number of likely N-dealkylation sites (tertiary alicyclic amines) is 1. The molecule has 0 spiro atoms. The van der Waals surface area contributed by atoms with Gasteiger partial charge in [-0.3, -0.25) is 0 Å². The summed E-state index contributed by atoms with van der Waals surface area (Å²) in [6.07, 6.45) is 2.28. The largest absolute Gasteiger partial charge is 0.330 e. The molecule has 3 nitrogen and oxygen atoms in total. The zero-order chi connectivity index (χ0) is 13.6. The van der Waals surface area contributed by atoms with Crippen LogP contribution in [0.3, 0.4) is 0 Å². The molecule has 1 N–H and O–H groups in total. The van der Waals surface area contributed by atoms with Crippen LogP contribution < -0.4 is 0 Å². The third kappa shape index (κ3) is 2.37. The van der Waals surface area contributed by atoms with Gasteiger partial charge in [-0.05, 0) is 60.6 Å². The maximum Gasteiger partial charge on any atom is 0.178 e. The highest BCUT2D eigenvalue weighted by atomic mass is 79.9. The number of likely N-dealkylation sites (N-methyl/N-ethyl adjacent to an activating group) is 1. The van der Waals surface area contributed by atoms with Crippen molar-refractivity contribution in [1.82, 2.24) is 14.5 Å². The third-order valence-electron chi connectivity index (χ3n) is 3.72. The lowest BCUT2D eigenvalue weighted by molar-refractivity contribution is 0.214. The molecule has 102 valence electrons. The number of hydrogen-bond donors (Lipinski definition) is 1. The van der Waals surface area contributed by atoms with Crippen molar-refractivity contribution in [2.75, 3.05) is 20.1 Å². The van der Waals surface area contributed by atoms with Crippen molar-refractivity contribution in [2.24, 2.45) is 0 Å². The molecule has 1 fully saturated rings. The van der Waals surface area contributed by atoms with Crippen molar-refractivity contribution in [3.63, 3.8) is 0 Å². The van der Waals surface area contributed by atoms with Crippen LogP contribution in [0.4, 0.5) is 4.39 Å². The fourth-order valence-corrected chi connectivity index (χ4v) is 3.52. The summed E-state index contributed by atoms with van der Waals surface area (Å²) in [5, 5.41) is 0. The first-order chi connectivity index (χ1) is 9.06. The maximum atomic E-state index is 13.6. The number of imidazole rings is 1. The minimum Gasteiger partial charge on any atom is -0.330 e. The monoisotopic (exact) mass is 343 g/mol. The molecule has 0 saturated carbocycles. The van der Waals surface area contributed by atoms with Gasteiger partial charge in [0.2, 0.25) is 0 Å². The summed E-state index contributed by atoms with van der Waals surface area (Å²) >= 11 is 8.66. The molecular weight excluding hydrogens is 329 g/mol. The van der Waals surface area contributed by atoms with Crippen LogP contribution in [0.25, 0.3) is 11.0 Å². The Labute approximate surface area is 124 Å². The van der Waals surface area contributed by atoms with E-state index in [1.807, 2.05) is 6.07 Å². The number of piperidine rings is 1. The number of halogens is 2. The summed E-state index contributed by atoms with van der Waals surface area (Å²) in [6, 6.07) is 3.67. The van der Waals surface area contributed by atoms with Crippen LogP contribution in [0.5, 0.6) is 0 Å². The topological polar surface area (TPSA) is 24.0 Å². The summed E-state index contributed by atoms with van der Waals surface area (Å²) in [5.41, 5.74) is 1.73. The molecule has 1 aliphatic rings. The molecule has 1 unspecified atom stereocenters. The summed E-state index contributed by atoms with van der Waals surface area (Å²) in [6.45, 7) is 2.11. The molecule has 1 aromatic carbocycles. The maximum absolute atomic E-state index is 13.6. The molecule has 2 aromatic rings. The normalized spacial score (nSPS) is 21.1. The van der Waals surface area contributed by atoms with E-state index >= 15 is 0 Å². The van der Waals surface area contributed by atoms with E-state index in [1.165, 1.54) is 6.07 Å². The molecule has 3 rings (SSSR count). The van der Waals surface area contributed by atoms with Gasteiger partial charge in [0.1, 0.15) is 5.82 Å². The van der Waals surface area contributed by atoms with Gasteiger partial charge in [0, 0.05) is 18.7 Å². The molecule has 0 radical (unpaired) electrons. The number of nitrogens with one attached hydrogen (secondary N) is 1. The van der Waals surface area contributed by atoms with Crippen LogP contribution in [0.2, 0.25) is 0 Å². The smallest absolute Gasteiger partial charge is 0.178 e. The Hall–Kier alpha value is -0.720. The molecule has 0 aliphatic carbocycles. The van der Waals surface area contributed by atoms with Crippen LogP contribution in [0, 0.1) is 10.6 Å². The van der Waals surface area contributed by atoms with E-state index in [4.69, 9.17) is 12.2 Å². The molecule has 0 bridgehead atoms. The average molecular weight is 344 g/mol. The molecule has 1 saturated heterocycles. The first kappa shape index (κ1) is 13.3. The van der Waals surface area contributed by atoms with E-state index < -0.39 is 0 Å². The zero-order valence-corrected chi connectivity index (χ0v) is 13.0. The second-order valence-corrected chi connectivity index (χ2v) is 6.38. The first-order valence-electron chi connectivity index (χ1n) is 6.34. The Morgan fingerprint density at radius 1 is 1.47 bits per heavy atom. The quantitative estimate of drug-likeness (QED) is 0.794. The van der Waals surface area contributed by atoms with Crippen molar-refractivity contribution in [3.8, 4) is 0 Å². The lowest BCUT2D eigenvalue weighted by Crippen LogP contribution is -2.33. The Balaban J connectivity index is 2.14. The molecule has 2 heterocycles. The van der Waals surface area contributed by atoms with E-state index in [0.717, 1.165) is 37.0 Å². The van der Waals surface area contributed by atoms with Gasteiger partial charge in [-0.1, -0.05) is 0 Å². The van der Waals surface area contributed by atoms with Crippen LogP contribution in [-0.4, -0.2) is 34.6 Å². The number of aromatic nitrogens is 2. The van der Waals surface area contributed by atoms with E-state index in [-0.39, 0.29) is 5.82 Å². The number of aromatic amines is 1. The van der Waals surface area contributed by atoms with Gasteiger partial charge < -0.3 is 14.5 Å². The highest BCUT2D eigenvalue weighted by Crippen LogP contribution is 2.29. The molecular formula is C13H15BrFN3S. The lowest BCUT2D eigenvalue weighted by atomic mass is 10.1. The lowest BCUT2D eigenvalue weighted by Gasteiger charge is -2.30. The van der Waals surface area contributed by atoms with Crippen LogP contribution in [0.15, 0.2) is 16.6 Å². The van der Waals surface area contributed by atoms with E-state index in [1.54, 1.807) is 0 Å². The molecule has 1 aliphatic heterocycles. The molecule has 19 heavy (non-hydrogen) atoms. The molecule has 6 heteroatoms. The van der Waals surface area contributed by atoms with Gasteiger partial charge in [0.15, 0.2) is 4.77 Å². The summed E-state index contributed by atoms with van der Waals surface area (Å²) in [7, 11) is 2.13. The van der Waals surface area contributed by atoms with Gasteiger partial charge in [0.25, 0.3) is 0 Å². The molecule has 0 amide bonds. The van der Waals surface area contributed by atoms with E-state index in [2.05, 4.69) is 37.4 Å². The SMILES string of the molecule is CN1CCCC(n2c(=S)[nH]c3cc(F)c(Br)cc32)C1. The van der Waals surface area contributed by atoms with Crippen LogP contribution in [-0.2, 0) is 0 Å². The predicted molar refractivity (Wildman–Crippen MR) is 80.5 cm³/mol. The second kappa shape index (κ2) is 5.00. The van der Waals surface area contributed by atoms with Crippen LogP contribution in [0.1, 0.15) is 18.9 Å². The van der Waals surface area contributed by atoms with Gasteiger partial charge in [-0.25, -0.2) is 4.39 Å². The minimum atomic E-state index is -0.267. The fraction of sp³-hybridized carbons (Fsp3) is 0.462. The van der Waals surface area contributed by atoms with Gasteiger partial charge in [-0.15, -0.1) is 0 Å². The van der Waals surface area contributed by atoms with Gasteiger partial charge in [-0.2, -0.15) is 0 Å².